The van der Waals surface area contributed by atoms with E-state index in [1.165, 1.54) is 39.5 Å². The molecule has 156 valence electrons. The summed E-state index contributed by atoms with van der Waals surface area (Å²) in [4.78, 5) is 24.3. The highest BCUT2D eigenvalue weighted by Gasteiger charge is 2.15. The van der Waals surface area contributed by atoms with Crippen molar-refractivity contribution in [3.8, 4) is 23.3 Å². The SMILES string of the molecule is COCCOC(=O)C(C#N)=Cc1ccc(OC(=O)c2ccc(OC)cc2)c(OC)c1. The molecule has 0 saturated carbocycles. The number of ether oxygens (including phenoxy) is 5. The van der Waals surface area contributed by atoms with Gasteiger partial charge in [0.2, 0.25) is 0 Å². The van der Waals surface area contributed by atoms with E-state index < -0.39 is 11.9 Å². The van der Waals surface area contributed by atoms with Crippen LogP contribution in [0.5, 0.6) is 17.2 Å². The van der Waals surface area contributed by atoms with Gasteiger partial charge < -0.3 is 23.7 Å². The van der Waals surface area contributed by atoms with E-state index in [0.717, 1.165) is 0 Å². The van der Waals surface area contributed by atoms with Gasteiger partial charge in [0.1, 0.15) is 24.0 Å². The molecule has 0 unspecified atom stereocenters. The van der Waals surface area contributed by atoms with E-state index in [9.17, 15) is 14.9 Å². The molecular formula is C22H21NO7. The van der Waals surface area contributed by atoms with Gasteiger partial charge in [-0.2, -0.15) is 5.26 Å². The zero-order chi connectivity index (χ0) is 21.9. The smallest absolute Gasteiger partial charge is 0.348 e. The maximum absolute atomic E-state index is 12.4. The highest BCUT2D eigenvalue weighted by molar-refractivity contribution is 5.98. The highest BCUT2D eigenvalue weighted by Crippen LogP contribution is 2.30. The second-order valence-electron chi connectivity index (χ2n) is 5.83. The molecule has 0 saturated heterocycles. The molecule has 0 aliphatic rings. The topological polar surface area (TPSA) is 104 Å². The van der Waals surface area contributed by atoms with Crippen molar-refractivity contribution in [2.45, 2.75) is 0 Å². The van der Waals surface area contributed by atoms with E-state index in [1.807, 2.05) is 0 Å². The molecule has 2 rings (SSSR count). The van der Waals surface area contributed by atoms with Crippen LogP contribution in [0.15, 0.2) is 48.0 Å². The minimum Gasteiger partial charge on any atom is -0.497 e. The normalized spacial score (nSPS) is 10.7. The molecule has 0 aromatic heterocycles. The molecular weight excluding hydrogens is 390 g/mol. The van der Waals surface area contributed by atoms with Crippen molar-refractivity contribution in [3.63, 3.8) is 0 Å². The molecule has 2 aromatic carbocycles. The number of nitriles is 1. The second-order valence-corrected chi connectivity index (χ2v) is 5.83. The van der Waals surface area contributed by atoms with Gasteiger partial charge in [-0.25, -0.2) is 9.59 Å². The Kier molecular flexibility index (Phi) is 8.41. The van der Waals surface area contributed by atoms with Crippen molar-refractivity contribution in [2.75, 3.05) is 34.5 Å². The van der Waals surface area contributed by atoms with E-state index in [2.05, 4.69) is 0 Å². The molecule has 0 amide bonds. The van der Waals surface area contributed by atoms with Crippen molar-refractivity contribution >= 4 is 18.0 Å². The van der Waals surface area contributed by atoms with Crippen LogP contribution >= 0.6 is 0 Å². The lowest BCUT2D eigenvalue weighted by molar-refractivity contribution is -0.139. The number of methoxy groups -OCH3 is 3. The first-order valence-electron chi connectivity index (χ1n) is 8.84. The summed E-state index contributed by atoms with van der Waals surface area (Å²) >= 11 is 0. The molecule has 8 nitrogen and oxygen atoms in total. The molecule has 0 radical (unpaired) electrons. The first kappa shape index (κ1) is 22.5. The predicted octanol–water partition coefficient (Wildman–Crippen LogP) is 3.02. The lowest BCUT2D eigenvalue weighted by Gasteiger charge is -2.10. The summed E-state index contributed by atoms with van der Waals surface area (Å²) in [6.45, 7) is 0.268. The van der Waals surface area contributed by atoms with Gasteiger partial charge in [-0.3, -0.25) is 0 Å². The highest BCUT2D eigenvalue weighted by atomic mass is 16.6. The van der Waals surface area contributed by atoms with Crippen LogP contribution in [0.2, 0.25) is 0 Å². The molecule has 8 heteroatoms. The summed E-state index contributed by atoms with van der Waals surface area (Å²) in [6, 6.07) is 12.9. The van der Waals surface area contributed by atoms with Crippen molar-refractivity contribution < 1.29 is 33.3 Å². The number of carbonyl (C=O) groups excluding carboxylic acids is 2. The molecule has 0 atom stereocenters. The van der Waals surface area contributed by atoms with Crippen LogP contribution in [-0.2, 0) is 14.3 Å². The maximum atomic E-state index is 12.4. The lowest BCUT2D eigenvalue weighted by Crippen LogP contribution is -2.11. The van der Waals surface area contributed by atoms with Gasteiger partial charge in [0.05, 0.1) is 26.4 Å². The Labute approximate surface area is 174 Å². The lowest BCUT2D eigenvalue weighted by atomic mass is 10.1. The Morgan fingerprint density at radius 2 is 1.70 bits per heavy atom. The van der Waals surface area contributed by atoms with Gasteiger partial charge in [0.25, 0.3) is 0 Å². The van der Waals surface area contributed by atoms with Gasteiger partial charge in [-0.1, -0.05) is 6.07 Å². The minimum atomic E-state index is -0.761. The quantitative estimate of drug-likeness (QED) is 0.204. The molecule has 0 heterocycles. The van der Waals surface area contributed by atoms with Crippen LogP contribution in [0.4, 0.5) is 0 Å². The van der Waals surface area contributed by atoms with Crippen molar-refractivity contribution in [1.82, 2.24) is 0 Å². The van der Waals surface area contributed by atoms with Gasteiger partial charge in [0.15, 0.2) is 11.5 Å². The standard InChI is InChI=1S/C22H21NO7/c1-26-10-11-29-21(24)17(14-23)12-15-4-9-19(20(13-15)28-3)30-22(25)16-5-7-18(27-2)8-6-16/h4-9,12-13H,10-11H2,1-3H3. The Hall–Kier alpha value is -3.83. The molecule has 2 aromatic rings. The fourth-order valence-corrected chi connectivity index (χ4v) is 2.34. The largest absolute Gasteiger partial charge is 0.497 e. The zero-order valence-electron chi connectivity index (χ0n) is 16.8. The molecule has 30 heavy (non-hydrogen) atoms. The van der Waals surface area contributed by atoms with E-state index in [4.69, 9.17) is 23.7 Å². The Balaban J connectivity index is 2.17. The maximum Gasteiger partial charge on any atom is 0.348 e. The monoisotopic (exact) mass is 411 g/mol. The van der Waals surface area contributed by atoms with Crippen LogP contribution in [0.1, 0.15) is 15.9 Å². The predicted molar refractivity (Wildman–Crippen MR) is 107 cm³/mol. The average molecular weight is 411 g/mol. The van der Waals surface area contributed by atoms with E-state index in [0.29, 0.717) is 16.9 Å². The number of benzene rings is 2. The number of rotatable bonds is 9. The third-order valence-corrected chi connectivity index (χ3v) is 3.89. The Morgan fingerprint density at radius 1 is 0.967 bits per heavy atom. The third kappa shape index (κ3) is 6.09. The van der Waals surface area contributed by atoms with E-state index in [1.54, 1.807) is 36.4 Å². The van der Waals surface area contributed by atoms with Crippen LogP contribution < -0.4 is 14.2 Å². The molecule has 0 N–H and O–H groups in total. The molecule has 0 bridgehead atoms. The fraction of sp³-hybridized carbons (Fsp3) is 0.227. The molecule has 0 spiro atoms. The number of hydrogen-bond donors (Lipinski definition) is 0. The molecule has 0 fully saturated rings. The van der Waals surface area contributed by atoms with Crippen LogP contribution in [0.25, 0.3) is 6.08 Å². The summed E-state index contributed by atoms with van der Waals surface area (Å²) in [5.41, 5.74) is 0.653. The van der Waals surface area contributed by atoms with Gasteiger partial charge in [-0.15, -0.1) is 0 Å². The van der Waals surface area contributed by atoms with Crippen LogP contribution in [0, 0.1) is 11.3 Å². The van der Waals surface area contributed by atoms with Crippen molar-refractivity contribution in [1.29, 1.82) is 5.26 Å². The Morgan fingerprint density at radius 3 is 2.30 bits per heavy atom. The molecule has 0 aliphatic heterocycles. The second kappa shape index (κ2) is 11.2. The number of esters is 2. The summed E-state index contributed by atoms with van der Waals surface area (Å²) in [5.74, 6) is -0.260. The van der Waals surface area contributed by atoms with E-state index in [-0.39, 0.29) is 30.3 Å². The summed E-state index contributed by atoms with van der Waals surface area (Å²) < 4.78 is 25.5. The number of hydrogen-bond acceptors (Lipinski definition) is 8. The van der Waals surface area contributed by atoms with Gasteiger partial charge >= 0.3 is 11.9 Å². The van der Waals surface area contributed by atoms with Gasteiger partial charge in [-0.05, 0) is 48.0 Å². The van der Waals surface area contributed by atoms with E-state index >= 15 is 0 Å². The average Bonchev–Trinajstić information content (AvgIpc) is 2.78. The van der Waals surface area contributed by atoms with Crippen molar-refractivity contribution in [3.05, 3.63) is 59.2 Å². The minimum absolute atomic E-state index is 0.0396. The van der Waals surface area contributed by atoms with Gasteiger partial charge in [0, 0.05) is 7.11 Å². The van der Waals surface area contributed by atoms with Crippen LogP contribution in [-0.4, -0.2) is 46.5 Å². The first-order chi connectivity index (χ1) is 14.5. The first-order valence-corrected chi connectivity index (χ1v) is 8.84. The summed E-state index contributed by atoms with van der Waals surface area (Å²) in [5, 5.41) is 9.22. The summed E-state index contributed by atoms with van der Waals surface area (Å²) in [7, 11) is 4.42. The van der Waals surface area contributed by atoms with Crippen LogP contribution in [0.3, 0.4) is 0 Å². The fourth-order valence-electron chi connectivity index (χ4n) is 2.34. The summed E-state index contributed by atoms with van der Waals surface area (Å²) in [6.07, 6.45) is 1.35. The number of carbonyl (C=O) groups is 2. The van der Waals surface area contributed by atoms with Crippen molar-refractivity contribution in [2.24, 2.45) is 0 Å². The Bertz CT molecular complexity index is 958. The molecule has 0 aliphatic carbocycles. The third-order valence-electron chi connectivity index (χ3n) is 3.89. The zero-order valence-corrected chi connectivity index (χ0v) is 16.8. The number of nitrogens with zero attached hydrogens (tertiary/aromatic N) is 1.